The fraction of sp³-hybridized carbons (Fsp3) is 0. The Labute approximate surface area is 150 Å². The Kier molecular flexibility index (Phi) is 3.62. The zero-order chi connectivity index (χ0) is 17.6. The van der Waals surface area contributed by atoms with E-state index in [1.54, 1.807) is 42.5 Å². The molecule has 1 amide bonds. The van der Waals surface area contributed by atoms with Gasteiger partial charge in [-0.15, -0.1) is 0 Å². The zero-order valence-electron chi connectivity index (χ0n) is 12.7. The van der Waals surface area contributed by atoms with Crippen molar-refractivity contribution in [3.8, 4) is 0 Å². The Hall–Kier alpha value is -2.99. The monoisotopic (exact) mass is 395 g/mol. The summed E-state index contributed by atoms with van der Waals surface area (Å²) >= 11 is 3.14. The molecule has 2 aromatic carbocycles. The maximum atomic E-state index is 12.7. The lowest BCUT2D eigenvalue weighted by Gasteiger charge is -2.18. The summed E-state index contributed by atoms with van der Waals surface area (Å²) in [6.07, 6.45) is 0. The number of carbonyl (C=O) groups excluding carboxylic acids is 3. The van der Waals surface area contributed by atoms with Crippen molar-refractivity contribution in [2.24, 2.45) is 0 Å². The number of nitrogens with one attached hydrogen (secondary N) is 1. The number of rotatable bonds is 2. The molecule has 0 unspecified atom stereocenters. The predicted octanol–water partition coefficient (Wildman–Crippen LogP) is 4.07. The van der Waals surface area contributed by atoms with Gasteiger partial charge in [-0.25, -0.2) is 0 Å². The molecule has 0 fully saturated rings. The molecule has 122 valence electrons. The van der Waals surface area contributed by atoms with Crippen molar-refractivity contribution in [1.29, 1.82) is 0 Å². The normalized spacial score (nSPS) is 12.5. The van der Waals surface area contributed by atoms with Gasteiger partial charge in [0.2, 0.25) is 0 Å². The minimum atomic E-state index is -0.444. The Morgan fingerprint density at radius 2 is 1.48 bits per heavy atom. The van der Waals surface area contributed by atoms with Crippen molar-refractivity contribution < 1.29 is 18.8 Å². The number of ketones is 2. The van der Waals surface area contributed by atoms with Crippen molar-refractivity contribution >= 4 is 39.1 Å². The summed E-state index contributed by atoms with van der Waals surface area (Å²) < 4.78 is 5.64. The smallest absolute Gasteiger partial charge is 0.291 e. The van der Waals surface area contributed by atoms with Gasteiger partial charge in [0.25, 0.3) is 5.91 Å². The van der Waals surface area contributed by atoms with Crippen LogP contribution in [0.4, 0.5) is 5.69 Å². The lowest BCUT2D eigenvalue weighted by molar-refractivity contribution is 0.0979. The fourth-order valence-electron chi connectivity index (χ4n) is 2.81. The molecule has 1 aromatic heterocycles. The van der Waals surface area contributed by atoms with E-state index >= 15 is 0 Å². The molecule has 5 nitrogen and oxygen atoms in total. The van der Waals surface area contributed by atoms with Crippen LogP contribution in [-0.2, 0) is 0 Å². The van der Waals surface area contributed by atoms with Gasteiger partial charge in [-0.1, -0.05) is 24.3 Å². The molecule has 1 N–H and O–H groups in total. The molecule has 0 saturated carbocycles. The second-order valence-electron chi connectivity index (χ2n) is 5.52. The predicted molar refractivity (Wildman–Crippen MR) is 94.1 cm³/mol. The highest BCUT2D eigenvalue weighted by molar-refractivity contribution is 9.10. The van der Waals surface area contributed by atoms with E-state index in [1.165, 1.54) is 12.1 Å². The molecule has 4 rings (SSSR count). The van der Waals surface area contributed by atoms with Crippen molar-refractivity contribution in [2.75, 3.05) is 5.32 Å². The van der Waals surface area contributed by atoms with Crippen molar-refractivity contribution in [2.45, 2.75) is 0 Å². The third-order valence-corrected chi connectivity index (χ3v) is 4.41. The molecule has 0 bridgehead atoms. The average Bonchev–Trinajstić information content (AvgIpc) is 3.06. The lowest BCUT2D eigenvalue weighted by atomic mass is 9.84. The highest BCUT2D eigenvalue weighted by Gasteiger charge is 2.29. The second-order valence-corrected chi connectivity index (χ2v) is 6.30. The third-order valence-electron chi connectivity index (χ3n) is 3.98. The van der Waals surface area contributed by atoms with Crippen molar-refractivity contribution in [3.63, 3.8) is 0 Å². The van der Waals surface area contributed by atoms with Gasteiger partial charge in [0.05, 0.1) is 0 Å². The van der Waals surface area contributed by atoms with Crippen LogP contribution in [-0.4, -0.2) is 17.5 Å². The van der Waals surface area contributed by atoms with Gasteiger partial charge in [0.1, 0.15) is 0 Å². The number of hydrogen-bond donors (Lipinski definition) is 1. The summed E-state index contributed by atoms with van der Waals surface area (Å²) in [5.41, 5.74) is 1.80. The van der Waals surface area contributed by atoms with Crippen LogP contribution < -0.4 is 5.32 Å². The fourth-order valence-corrected chi connectivity index (χ4v) is 3.11. The number of benzene rings is 2. The highest BCUT2D eigenvalue weighted by atomic mass is 79.9. The topological polar surface area (TPSA) is 76.4 Å². The summed E-state index contributed by atoms with van der Waals surface area (Å²) in [4.78, 5) is 37.4. The molecule has 0 spiro atoms. The number of fused-ring (bicyclic) bond motifs is 2. The van der Waals surface area contributed by atoms with Crippen LogP contribution in [0.2, 0.25) is 0 Å². The SMILES string of the molecule is O=C(Nc1ccc2c(c1)C(=O)c1ccccc1C2=O)c1ccc(Br)o1. The third kappa shape index (κ3) is 2.60. The van der Waals surface area contributed by atoms with Crippen LogP contribution in [0.25, 0.3) is 0 Å². The van der Waals surface area contributed by atoms with Crippen LogP contribution in [0.15, 0.2) is 63.7 Å². The van der Waals surface area contributed by atoms with Crippen molar-refractivity contribution in [1.82, 2.24) is 0 Å². The first-order valence-corrected chi connectivity index (χ1v) is 8.23. The van der Waals surface area contributed by atoms with E-state index in [9.17, 15) is 14.4 Å². The molecular weight excluding hydrogens is 386 g/mol. The first kappa shape index (κ1) is 15.5. The van der Waals surface area contributed by atoms with E-state index in [1.807, 2.05) is 0 Å². The van der Waals surface area contributed by atoms with Gasteiger partial charge in [-0.05, 0) is 46.3 Å². The number of furan rings is 1. The molecule has 0 radical (unpaired) electrons. The van der Waals surface area contributed by atoms with Gasteiger partial charge >= 0.3 is 0 Å². The first-order valence-electron chi connectivity index (χ1n) is 7.44. The lowest BCUT2D eigenvalue weighted by Crippen LogP contribution is -2.21. The minimum Gasteiger partial charge on any atom is -0.444 e. The van der Waals surface area contributed by atoms with E-state index in [0.29, 0.717) is 27.0 Å². The summed E-state index contributed by atoms with van der Waals surface area (Å²) in [5, 5.41) is 2.66. The van der Waals surface area contributed by atoms with Gasteiger partial charge in [0, 0.05) is 27.9 Å². The Bertz CT molecular complexity index is 1050. The summed E-state index contributed by atoms with van der Waals surface area (Å²) in [7, 11) is 0. The largest absolute Gasteiger partial charge is 0.444 e. The molecular formula is C19H10BrNO4. The molecule has 0 atom stereocenters. The van der Waals surface area contributed by atoms with Crippen LogP contribution >= 0.6 is 15.9 Å². The molecule has 1 aliphatic carbocycles. The van der Waals surface area contributed by atoms with E-state index in [0.717, 1.165) is 0 Å². The molecule has 1 aliphatic rings. The number of hydrogen-bond acceptors (Lipinski definition) is 4. The number of carbonyl (C=O) groups is 3. The average molecular weight is 396 g/mol. The zero-order valence-corrected chi connectivity index (χ0v) is 14.3. The van der Waals surface area contributed by atoms with Crippen molar-refractivity contribution in [3.05, 3.63) is 87.3 Å². The van der Waals surface area contributed by atoms with E-state index in [2.05, 4.69) is 21.2 Å². The Morgan fingerprint density at radius 3 is 2.12 bits per heavy atom. The number of amides is 1. The maximum absolute atomic E-state index is 12.7. The van der Waals surface area contributed by atoms with Crippen LogP contribution in [0, 0.1) is 0 Å². The summed E-state index contributed by atoms with van der Waals surface area (Å²) in [6.45, 7) is 0. The maximum Gasteiger partial charge on any atom is 0.291 e. The molecule has 0 aliphatic heterocycles. The number of anilines is 1. The van der Waals surface area contributed by atoms with E-state index in [4.69, 9.17) is 4.42 Å². The molecule has 25 heavy (non-hydrogen) atoms. The Balaban J connectivity index is 1.69. The Morgan fingerprint density at radius 1 is 0.840 bits per heavy atom. The van der Waals surface area contributed by atoms with E-state index < -0.39 is 5.91 Å². The van der Waals surface area contributed by atoms with Gasteiger partial charge in [-0.3, -0.25) is 14.4 Å². The standard InChI is InChI=1S/C19H10BrNO4/c20-16-8-7-15(25-16)19(24)21-10-5-6-13-14(9-10)18(23)12-4-2-1-3-11(12)17(13)22/h1-9H,(H,21,24). The van der Waals surface area contributed by atoms with E-state index in [-0.39, 0.29) is 22.9 Å². The molecule has 6 heteroatoms. The highest BCUT2D eigenvalue weighted by Crippen LogP contribution is 2.29. The van der Waals surface area contributed by atoms with Gasteiger partial charge in [-0.2, -0.15) is 0 Å². The quantitative estimate of drug-likeness (QED) is 0.554. The number of halogens is 1. The molecule has 3 aromatic rings. The van der Waals surface area contributed by atoms with Crippen LogP contribution in [0.3, 0.4) is 0 Å². The van der Waals surface area contributed by atoms with Gasteiger partial charge < -0.3 is 9.73 Å². The summed E-state index contributed by atoms with van der Waals surface area (Å²) in [6, 6.07) is 14.5. The van der Waals surface area contributed by atoms with Crippen LogP contribution in [0.5, 0.6) is 0 Å². The van der Waals surface area contributed by atoms with Gasteiger partial charge in [0.15, 0.2) is 22.0 Å². The summed E-state index contributed by atoms with van der Waals surface area (Å²) in [5.74, 6) is -0.738. The first-order chi connectivity index (χ1) is 12.0. The van der Waals surface area contributed by atoms with Crippen LogP contribution in [0.1, 0.15) is 42.4 Å². The minimum absolute atomic E-state index is 0.136. The molecule has 0 saturated heterocycles. The molecule has 1 heterocycles. The second kappa shape index (κ2) is 5.82.